The summed E-state index contributed by atoms with van der Waals surface area (Å²) in [6.45, 7) is 8.61. The Morgan fingerprint density at radius 1 is 1.24 bits per heavy atom. The lowest BCUT2D eigenvalue weighted by atomic mass is 10.0. The number of imidazole rings is 1. The van der Waals surface area contributed by atoms with Crippen molar-refractivity contribution in [2.75, 3.05) is 31.2 Å². The lowest BCUT2D eigenvalue weighted by Crippen LogP contribution is -2.59. The maximum Gasteiger partial charge on any atom is 0.291 e. The van der Waals surface area contributed by atoms with Gasteiger partial charge in [-0.25, -0.2) is 26.9 Å². The molecule has 5 heterocycles. The van der Waals surface area contributed by atoms with Gasteiger partial charge in [0.25, 0.3) is 6.43 Å². The van der Waals surface area contributed by atoms with Gasteiger partial charge in [0.1, 0.15) is 4.90 Å². The van der Waals surface area contributed by atoms with Crippen LogP contribution in [0.1, 0.15) is 39.1 Å². The highest BCUT2D eigenvalue weighted by Crippen LogP contribution is 2.34. The van der Waals surface area contributed by atoms with Gasteiger partial charge in [-0.1, -0.05) is 11.3 Å². The number of nitrogens with zero attached hydrogens (tertiary/aromatic N) is 6. The number of sulfonamides is 1. The topological polar surface area (TPSA) is 122 Å². The average molecular weight is 556 g/mol. The first kappa shape index (κ1) is 25.9. The number of hydrogen-bond acceptors (Lipinski definition) is 9. The van der Waals surface area contributed by atoms with Crippen molar-refractivity contribution in [3.8, 4) is 10.8 Å². The van der Waals surface area contributed by atoms with E-state index in [0.717, 1.165) is 0 Å². The highest BCUT2D eigenvalue weighted by molar-refractivity contribution is 7.89. The highest BCUT2D eigenvalue weighted by atomic mass is 32.2. The maximum atomic E-state index is 13.5. The molecule has 0 saturated carbocycles. The molecule has 200 valence electrons. The standard InChI is InChI=1S/C22H27F2N7O4S2/c1-12-7-29(8-13(2)31(12)14(3)32)16-5-15(37(33,34)28-22(4)10-35-11-22)9-30-17(16)6-25-19(30)21-27-26-20(36-21)18(23)24/h5-6,9,12-13,18,28H,7-8,10-11H2,1-4H3/t12-,13-/m0/s1. The summed E-state index contributed by atoms with van der Waals surface area (Å²) >= 11 is 0.700. The molecule has 0 aromatic carbocycles. The molecule has 5 rings (SSSR count). The number of anilines is 1. The van der Waals surface area contributed by atoms with Crippen LogP contribution in [0.25, 0.3) is 16.3 Å². The maximum absolute atomic E-state index is 13.5. The molecule has 11 nitrogen and oxygen atoms in total. The van der Waals surface area contributed by atoms with Gasteiger partial charge in [-0.15, -0.1) is 10.2 Å². The molecule has 0 unspecified atom stereocenters. The molecule has 1 amide bonds. The van der Waals surface area contributed by atoms with Crippen molar-refractivity contribution in [1.29, 1.82) is 0 Å². The molecule has 15 heteroatoms. The van der Waals surface area contributed by atoms with E-state index >= 15 is 0 Å². The van der Waals surface area contributed by atoms with Crippen molar-refractivity contribution in [2.24, 2.45) is 0 Å². The van der Waals surface area contributed by atoms with Crippen molar-refractivity contribution in [3.05, 3.63) is 23.5 Å². The Hall–Kier alpha value is -2.75. The normalized spacial score (nSPS) is 22.0. The van der Waals surface area contributed by atoms with Gasteiger partial charge in [-0.2, -0.15) is 0 Å². The molecule has 2 saturated heterocycles. The number of pyridine rings is 1. The first-order valence-corrected chi connectivity index (χ1v) is 14.0. The molecule has 2 aliphatic rings. The van der Waals surface area contributed by atoms with Gasteiger partial charge in [-0.05, 0) is 26.8 Å². The molecule has 37 heavy (non-hydrogen) atoms. The number of carbonyl (C=O) groups excluding carboxylic acids is 1. The number of rotatable bonds is 6. The fraction of sp³-hybridized carbons (Fsp3) is 0.545. The zero-order valence-corrected chi connectivity index (χ0v) is 22.3. The fourth-order valence-electron chi connectivity index (χ4n) is 5.02. The van der Waals surface area contributed by atoms with Gasteiger partial charge < -0.3 is 14.5 Å². The fourth-order valence-corrected chi connectivity index (χ4v) is 7.10. The Kier molecular flexibility index (Phi) is 6.45. The minimum absolute atomic E-state index is 0.0183. The number of ether oxygens (including phenoxy) is 1. The van der Waals surface area contributed by atoms with E-state index in [1.165, 1.54) is 13.1 Å². The summed E-state index contributed by atoms with van der Waals surface area (Å²) in [4.78, 5) is 20.4. The van der Waals surface area contributed by atoms with Crippen LogP contribution in [0, 0.1) is 0 Å². The zero-order valence-electron chi connectivity index (χ0n) is 20.7. The summed E-state index contributed by atoms with van der Waals surface area (Å²) in [5.74, 6) is 0.179. The average Bonchev–Trinajstić information content (AvgIpc) is 3.43. The number of amides is 1. The van der Waals surface area contributed by atoms with Crippen LogP contribution in [0.4, 0.5) is 14.5 Å². The quantitative estimate of drug-likeness (QED) is 0.492. The van der Waals surface area contributed by atoms with E-state index in [9.17, 15) is 22.0 Å². The lowest BCUT2D eigenvalue weighted by Gasteiger charge is -2.45. The van der Waals surface area contributed by atoms with Crippen LogP contribution < -0.4 is 9.62 Å². The molecular weight excluding hydrogens is 528 g/mol. The molecule has 0 bridgehead atoms. The number of halogens is 2. The van der Waals surface area contributed by atoms with Crippen LogP contribution >= 0.6 is 11.3 Å². The van der Waals surface area contributed by atoms with E-state index in [4.69, 9.17) is 4.74 Å². The Balaban J connectivity index is 1.64. The van der Waals surface area contributed by atoms with Crippen molar-refractivity contribution < 1.29 is 26.7 Å². The van der Waals surface area contributed by atoms with Crippen molar-refractivity contribution in [2.45, 2.75) is 56.6 Å². The molecule has 3 aromatic heterocycles. The lowest BCUT2D eigenvalue weighted by molar-refractivity contribution is -0.133. The second-order valence-electron chi connectivity index (χ2n) is 9.83. The van der Waals surface area contributed by atoms with E-state index in [0.29, 0.717) is 35.6 Å². The number of hydrogen-bond donors (Lipinski definition) is 1. The largest absolute Gasteiger partial charge is 0.377 e. The first-order chi connectivity index (χ1) is 17.4. The number of aromatic nitrogens is 4. The monoisotopic (exact) mass is 555 g/mol. The van der Waals surface area contributed by atoms with E-state index < -0.39 is 27.0 Å². The molecule has 3 aromatic rings. The van der Waals surface area contributed by atoms with Crippen molar-refractivity contribution in [1.82, 2.24) is 29.2 Å². The smallest absolute Gasteiger partial charge is 0.291 e. The first-order valence-electron chi connectivity index (χ1n) is 11.7. The number of fused-ring (bicyclic) bond motifs is 1. The van der Waals surface area contributed by atoms with Crippen LogP contribution in [0.2, 0.25) is 0 Å². The second kappa shape index (κ2) is 9.22. The number of carbonyl (C=O) groups is 1. The van der Waals surface area contributed by atoms with Crippen molar-refractivity contribution >= 4 is 38.5 Å². The summed E-state index contributed by atoms with van der Waals surface area (Å²) in [7, 11) is -3.99. The molecular formula is C22H27F2N7O4S2. The Bertz CT molecular complexity index is 1440. The van der Waals surface area contributed by atoms with E-state index in [1.807, 2.05) is 23.6 Å². The molecule has 2 fully saturated rings. The minimum Gasteiger partial charge on any atom is -0.377 e. The molecule has 0 radical (unpaired) electrons. The summed E-state index contributed by atoms with van der Waals surface area (Å²) in [6.07, 6.45) is 0.194. The molecule has 2 aliphatic heterocycles. The predicted octanol–water partition coefficient (Wildman–Crippen LogP) is 2.30. The van der Waals surface area contributed by atoms with Gasteiger partial charge in [0.15, 0.2) is 15.8 Å². The van der Waals surface area contributed by atoms with Gasteiger partial charge >= 0.3 is 0 Å². The number of piperazine rings is 1. The van der Waals surface area contributed by atoms with E-state index in [2.05, 4.69) is 19.9 Å². The van der Waals surface area contributed by atoms with Crippen LogP contribution in [0.5, 0.6) is 0 Å². The van der Waals surface area contributed by atoms with Crippen molar-refractivity contribution in [3.63, 3.8) is 0 Å². The molecule has 2 atom stereocenters. The third-order valence-electron chi connectivity index (χ3n) is 6.57. The molecule has 1 N–H and O–H groups in total. The number of alkyl halides is 2. The summed E-state index contributed by atoms with van der Waals surface area (Å²) in [5.41, 5.74) is 0.446. The zero-order chi connectivity index (χ0) is 26.7. The minimum atomic E-state index is -3.99. The summed E-state index contributed by atoms with van der Waals surface area (Å²) in [5, 5.41) is 7.11. The Morgan fingerprint density at radius 2 is 1.92 bits per heavy atom. The van der Waals surface area contributed by atoms with Crippen LogP contribution in [-0.2, 0) is 19.6 Å². The molecule has 0 spiro atoms. The van der Waals surface area contributed by atoms with Gasteiger partial charge in [0.2, 0.25) is 15.9 Å². The third-order valence-corrected chi connectivity index (χ3v) is 9.10. The van der Waals surface area contributed by atoms with Gasteiger partial charge in [0, 0.05) is 38.3 Å². The number of nitrogens with one attached hydrogen (secondary N) is 1. The third kappa shape index (κ3) is 4.69. The van der Waals surface area contributed by atoms with Gasteiger partial charge in [0.05, 0.1) is 36.2 Å². The Labute approximate surface area is 216 Å². The molecule has 0 aliphatic carbocycles. The summed E-state index contributed by atoms with van der Waals surface area (Å²) in [6, 6.07) is 1.34. The van der Waals surface area contributed by atoms with E-state index in [1.54, 1.807) is 23.6 Å². The van der Waals surface area contributed by atoms with Crippen LogP contribution in [-0.4, -0.2) is 82.7 Å². The SMILES string of the molecule is CC(=O)N1[C@@H](C)CN(c2cc(S(=O)(=O)NC3(C)COC3)cn3c(-c4nnc(C(F)F)s4)ncc23)C[C@@H]1C. The summed E-state index contributed by atoms with van der Waals surface area (Å²) < 4.78 is 62.7. The van der Waals surface area contributed by atoms with E-state index in [-0.39, 0.29) is 46.9 Å². The highest BCUT2D eigenvalue weighted by Gasteiger charge is 2.39. The van der Waals surface area contributed by atoms with Crippen LogP contribution in [0.3, 0.4) is 0 Å². The predicted molar refractivity (Wildman–Crippen MR) is 132 cm³/mol. The Morgan fingerprint density at radius 3 is 2.46 bits per heavy atom. The van der Waals surface area contributed by atoms with Crippen LogP contribution in [0.15, 0.2) is 23.4 Å². The second-order valence-corrected chi connectivity index (χ2v) is 12.5. The van der Waals surface area contributed by atoms with Gasteiger partial charge in [-0.3, -0.25) is 9.20 Å².